The second kappa shape index (κ2) is 5.58. The topological polar surface area (TPSA) is 64.0 Å². The average Bonchev–Trinajstić information content (AvgIpc) is 2.70. The first-order chi connectivity index (χ1) is 9.31. The van der Waals surface area contributed by atoms with Gasteiger partial charge in [0, 0.05) is 30.0 Å². The van der Waals surface area contributed by atoms with Crippen molar-refractivity contribution in [2.75, 3.05) is 0 Å². The van der Waals surface area contributed by atoms with Crippen LogP contribution in [0.3, 0.4) is 0 Å². The van der Waals surface area contributed by atoms with Crippen LogP contribution in [-0.2, 0) is 23.6 Å². The van der Waals surface area contributed by atoms with Gasteiger partial charge in [0.15, 0.2) is 0 Å². The number of sulfonamides is 1. The first-order valence-electron chi connectivity index (χ1n) is 5.41. The van der Waals surface area contributed by atoms with Gasteiger partial charge in [0.1, 0.15) is 22.4 Å². The summed E-state index contributed by atoms with van der Waals surface area (Å²) in [5.41, 5.74) is 0. The quantitative estimate of drug-likeness (QED) is 0.900. The van der Waals surface area contributed by atoms with Crippen LogP contribution in [0.4, 0.5) is 8.78 Å². The Hall–Kier alpha value is -1.32. The molecular weight excluding hydrogens is 356 g/mol. The Bertz CT molecular complexity index is 723. The molecule has 0 atom stereocenters. The molecule has 108 valence electrons. The van der Waals surface area contributed by atoms with Crippen molar-refractivity contribution in [2.24, 2.45) is 7.05 Å². The summed E-state index contributed by atoms with van der Waals surface area (Å²) < 4.78 is 54.4. The first-order valence-corrected chi connectivity index (χ1v) is 7.69. The molecule has 1 aromatic heterocycles. The maximum Gasteiger partial charge on any atom is 0.245 e. The van der Waals surface area contributed by atoms with Crippen molar-refractivity contribution in [3.8, 4) is 0 Å². The van der Waals surface area contributed by atoms with E-state index in [1.54, 1.807) is 17.8 Å². The van der Waals surface area contributed by atoms with E-state index in [1.807, 2.05) is 0 Å². The van der Waals surface area contributed by atoms with Gasteiger partial charge in [-0.25, -0.2) is 26.9 Å². The molecule has 9 heteroatoms. The third-order valence-electron chi connectivity index (χ3n) is 2.57. The maximum absolute atomic E-state index is 13.6. The van der Waals surface area contributed by atoms with Crippen LogP contribution < -0.4 is 4.72 Å². The summed E-state index contributed by atoms with van der Waals surface area (Å²) in [7, 11) is -2.42. The largest absolute Gasteiger partial charge is 0.337 e. The highest BCUT2D eigenvalue weighted by Gasteiger charge is 2.23. The summed E-state index contributed by atoms with van der Waals surface area (Å²) in [4.78, 5) is 3.31. The van der Waals surface area contributed by atoms with Crippen LogP contribution in [0.25, 0.3) is 0 Å². The van der Waals surface area contributed by atoms with Crippen molar-refractivity contribution in [2.45, 2.75) is 11.4 Å². The number of nitrogens with one attached hydrogen (secondary N) is 1. The second-order valence-corrected chi connectivity index (χ2v) is 6.54. The van der Waals surface area contributed by atoms with Gasteiger partial charge in [0.05, 0.1) is 6.54 Å². The molecule has 20 heavy (non-hydrogen) atoms. The van der Waals surface area contributed by atoms with Crippen LogP contribution in [0.2, 0.25) is 0 Å². The molecule has 1 heterocycles. The molecule has 0 aliphatic rings. The van der Waals surface area contributed by atoms with E-state index in [0.29, 0.717) is 11.9 Å². The Morgan fingerprint density at radius 3 is 2.65 bits per heavy atom. The standard InChI is InChI=1S/C11H10BrF2N3O2S/c1-17-3-2-15-10(17)6-16-20(18,19)11-8(12)4-7(13)5-9(11)14/h2-5,16H,6H2,1H3. The molecular formula is C11H10BrF2N3O2S. The predicted molar refractivity (Wildman–Crippen MR) is 71.3 cm³/mol. The van der Waals surface area contributed by atoms with E-state index in [2.05, 4.69) is 25.6 Å². The zero-order valence-electron chi connectivity index (χ0n) is 10.3. The molecule has 0 amide bonds. The number of imidazole rings is 1. The second-order valence-electron chi connectivity index (χ2n) is 3.98. The molecule has 2 rings (SSSR count). The van der Waals surface area contributed by atoms with Gasteiger partial charge >= 0.3 is 0 Å². The molecule has 5 nitrogen and oxygen atoms in total. The SMILES string of the molecule is Cn1ccnc1CNS(=O)(=O)c1c(F)cc(F)cc1Br. The van der Waals surface area contributed by atoms with Gasteiger partial charge in [-0.15, -0.1) is 0 Å². The van der Waals surface area contributed by atoms with Gasteiger partial charge in [-0.1, -0.05) is 0 Å². The summed E-state index contributed by atoms with van der Waals surface area (Å²) in [6, 6.07) is 1.40. The van der Waals surface area contributed by atoms with E-state index in [9.17, 15) is 17.2 Å². The van der Waals surface area contributed by atoms with Crippen LogP contribution in [-0.4, -0.2) is 18.0 Å². The van der Waals surface area contributed by atoms with E-state index in [-0.39, 0.29) is 11.0 Å². The summed E-state index contributed by atoms with van der Waals surface area (Å²) in [6.45, 7) is -0.102. The molecule has 0 fully saturated rings. The molecule has 2 aromatic rings. The number of hydrogen-bond acceptors (Lipinski definition) is 3. The van der Waals surface area contributed by atoms with Crippen molar-refractivity contribution in [3.05, 3.63) is 46.5 Å². The minimum Gasteiger partial charge on any atom is -0.337 e. The van der Waals surface area contributed by atoms with Crippen molar-refractivity contribution in [1.29, 1.82) is 0 Å². The number of halogens is 3. The smallest absolute Gasteiger partial charge is 0.245 e. The highest BCUT2D eigenvalue weighted by Crippen LogP contribution is 2.26. The highest BCUT2D eigenvalue weighted by atomic mass is 79.9. The van der Waals surface area contributed by atoms with E-state index >= 15 is 0 Å². The number of aryl methyl sites for hydroxylation is 1. The Labute approximate surface area is 122 Å². The van der Waals surface area contributed by atoms with Gasteiger partial charge in [-0.2, -0.15) is 0 Å². The maximum atomic E-state index is 13.6. The molecule has 0 aliphatic heterocycles. The van der Waals surface area contributed by atoms with Gasteiger partial charge in [-0.05, 0) is 22.0 Å². The van der Waals surface area contributed by atoms with Gasteiger partial charge in [0.25, 0.3) is 0 Å². The number of hydrogen-bond donors (Lipinski definition) is 1. The van der Waals surface area contributed by atoms with Crippen molar-refractivity contribution in [3.63, 3.8) is 0 Å². The van der Waals surface area contributed by atoms with Crippen LogP contribution in [0, 0.1) is 11.6 Å². The fourth-order valence-electron chi connectivity index (χ4n) is 1.58. The van der Waals surface area contributed by atoms with Crippen LogP contribution in [0.5, 0.6) is 0 Å². The minimum atomic E-state index is -4.12. The number of nitrogens with zero attached hydrogens (tertiary/aromatic N) is 2. The summed E-state index contributed by atoms with van der Waals surface area (Å²) in [5.74, 6) is -1.56. The lowest BCUT2D eigenvalue weighted by atomic mass is 10.3. The third kappa shape index (κ3) is 3.05. The van der Waals surface area contributed by atoms with Crippen molar-refractivity contribution >= 4 is 26.0 Å². The lowest BCUT2D eigenvalue weighted by Crippen LogP contribution is -2.26. The van der Waals surface area contributed by atoms with Crippen molar-refractivity contribution < 1.29 is 17.2 Å². The molecule has 1 N–H and O–H groups in total. The molecule has 0 bridgehead atoms. The zero-order chi connectivity index (χ0) is 14.9. The molecule has 1 aromatic carbocycles. The predicted octanol–water partition coefficient (Wildman–Crippen LogP) is 1.94. The highest BCUT2D eigenvalue weighted by molar-refractivity contribution is 9.10. The Kier molecular flexibility index (Phi) is 4.21. The van der Waals surface area contributed by atoms with Gasteiger partial charge in [0.2, 0.25) is 10.0 Å². The van der Waals surface area contributed by atoms with E-state index in [0.717, 1.165) is 6.07 Å². The Balaban J connectivity index is 2.30. The number of rotatable bonds is 4. The van der Waals surface area contributed by atoms with Crippen LogP contribution in [0.1, 0.15) is 5.82 Å². The first kappa shape index (κ1) is 15.1. The molecule has 0 radical (unpaired) electrons. The summed E-state index contributed by atoms with van der Waals surface area (Å²) >= 11 is 2.85. The van der Waals surface area contributed by atoms with Gasteiger partial charge < -0.3 is 4.57 Å². The minimum absolute atomic E-state index is 0.102. The van der Waals surface area contributed by atoms with E-state index in [4.69, 9.17) is 0 Å². The fourth-order valence-corrected chi connectivity index (χ4v) is 3.73. The summed E-state index contributed by atoms with van der Waals surface area (Å²) in [5, 5.41) is 0. The molecule has 0 spiro atoms. The van der Waals surface area contributed by atoms with Crippen molar-refractivity contribution in [1.82, 2.24) is 14.3 Å². The lowest BCUT2D eigenvalue weighted by molar-refractivity contribution is 0.539. The number of aromatic nitrogens is 2. The zero-order valence-corrected chi connectivity index (χ0v) is 12.7. The molecule has 0 aliphatic carbocycles. The lowest BCUT2D eigenvalue weighted by Gasteiger charge is -2.09. The van der Waals surface area contributed by atoms with E-state index < -0.39 is 26.6 Å². The Morgan fingerprint density at radius 1 is 1.40 bits per heavy atom. The van der Waals surface area contributed by atoms with Gasteiger partial charge in [-0.3, -0.25) is 0 Å². The van der Waals surface area contributed by atoms with E-state index in [1.165, 1.54) is 6.20 Å². The molecule has 0 saturated carbocycles. The summed E-state index contributed by atoms with van der Waals surface area (Å²) in [6.07, 6.45) is 3.16. The number of benzene rings is 1. The van der Waals surface area contributed by atoms with Crippen LogP contribution >= 0.6 is 15.9 Å². The van der Waals surface area contributed by atoms with Crippen LogP contribution in [0.15, 0.2) is 33.9 Å². The average molecular weight is 366 g/mol. The normalized spacial score (nSPS) is 11.8. The molecule has 0 unspecified atom stereocenters. The third-order valence-corrected chi connectivity index (χ3v) is 4.94. The fraction of sp³-hybridized carbons (Fsp3) is 0.182. The monoisotopic (exact) mass is 365 g/mol. The molecule has 0 saturated heterocycles. The Morgan fingerprint density at radius 2 is 2.10 bits per heavy atom.